The first-order valence-electron chi connectivity index (χ1n) is 5.72. The second kappa shape index (κ2) is 5.66. The highest BCUT2D eigenvalue weighted by atomic mass is 14.9. The zero-order valence-corrected chi connectivity index (χ0v) is 9.02. The van der Waals surface area contributed by atoms with Crippen molar-refractivity contribution in [2.45, 2.75) is 31.7 Å². The average Bonchev–Trinajstić information content (AvgIpc) is 3.09. The Balaban J connectivity index is 1.58. The molecule has 0 atom stereocenters. The third kappa shape index (κ3) is 4.26. The van der Waals surface area contributed by atoms with E-state index in [2.05, 4.69) is 34.6 Å². The van der Waals surface area contributed by atoms with E-state index in [4.69, 9.17) is 0 Å². The van der Waals surface area contributed by atoms with Crippen molar-refractivity contribution in [2.24, 2.45) is 0 Å². The predicted molar refractivity (Wildman–Crippen MR) is 62.7 cm³/mol. The van der Waals surface area contributed by atoms with Crippen LogP contribution in [0.5, 0.6) is 0 Å². The minimum absolute atomic E-state index is 0.832. The van der Waals surface area contributed by atoms with E-state index in [1.54, 1.807) is 0 Å². The largest absolute Gasteiger partial charge is 0.314 e. The highest BCUT2D eigenvalue weighted by molar-refractivity contribution is 5.13. The van der Waals surface area contributed by atoms with Gasteiger partial charge in [-0.25, -0.2) is 0 Å². The molecule has 1 aliphatic rings. The van der Waals surface area contributed by atoms with E-state index in [1.165, 1.54) is 18.4 Å². The molecule has 15 heavy (non-hydrogen) atoms. The van der Waals surface area contributed by atoms with Crippen LogP contribution in [0.25, 0.3) is 0 Å². The molecule has 2 nitrogen and oxygen atoms in total. The van der Waals surface area contributed by atoms with Gasteiger partial charge in [-0.15, -0.1) is 0 Å². The van der Waals surface area contributed by atoms with Gasteiger partial charge in [-0.05, 0) is 49.9 Å². The van der Waals surface area contributed by atoms with Crippen molar-refractivity contribution in [1.29, 1.82) is 0 Å². The molecule has 1 aliphatic carbocycles. The summed E-state index contributed by atoms with van der Waals surface area (Å²) in [5, 5.41) is 3.49. The Morgan fingerprint density at radius 2 is 2.07 bits per heavy atom. The lowest BCUT2D eigenvalue weighted by Gasteiger charge is -1.97. The molecule has 0 unspecified atom stereocenters. The number of hydrogen-bond donors (Lipinski definition) is 1. The summed E-state index contributed by atoms with van der Waals surface area (Å²) in [5.74, 6) is 0. The summed E-state index contributed by atoms with van der Waals surface area (Å²) in [4.78, 5) is 4.00. The average molecular weight is 202 g/mol. The molecule has 1 aromatic rings. The number of aromatic nitrogens is 1. The molecule has 1 heterocycles. The van der Waals surface area contributed by atoms with Gasteiger partial charge in [0.2, 0.25) is 0 Å². The van der Waals surface area contributed by atoms with E-state index in [9.17, 15) is 0 Å². The van der Waals surface area contributed by atoms with Gasteiger partial charge in [0.25, 0.3) is 0 Å². The van der Waals surface area contributed by atoms with E-state index >= 15 is 0 Å². The molecule has 80 valence electrons. The summed E-state index contributed by atoms with van der Waals surface area (Å²) < 4.78 is 0. The van der Waals surface area contributed by atoms with Gasteiger partial charge in [0.1, 0.15) is 0 Å². The maximum absolute atomic E-state index is 4.00. The fourth-order valence-electron chi connectivity index (χ4n) is 1.51. The number of allylic oxidation sites excluding steroid dienone is 1. The van der Waals surface area contributed by atoms with E-state index < -0.39 is 0 Å². The van der Waals surface area contributed by atoms with Gasteiger partial charge in [0.05, 0.1) is 0 Å². The third-order valence-corrected chi connectivity index (χ3v) is 2.59. The highest BCUT2D eigenvalue weighted by Gasteiger charge is 2.19. The maximum Gasteiger partial charge on any atom is 0.0270 e. The molecule has 0 spiro atoms. The zero-order chi connectivity index (χ0) is 10.3. The van der Waals surface area contributed by atoms with Crippen molar-refractivity contribution in [3.8, 4) is 0 Å². The quantitative estimate of drug-likeness (QED) is 0.565. The summed E-state index contributed by atoms with van der Waals surface area (Å²) >= 11 is 0. The first kappa shape index (κ1) is 10.4. The molecule has 1 fully saturated rings. The Morgan fingerprint density at radius 1 is 1.27 bits per heavy atom. The molecule has 0 aromatic carbocycles. The summed E-state index contributed by atoms with van der Waals surface area (Å²) in [6.45, 7) is 1.12. The van der Waals surface area contributed by atoms with Crippen LogP contribution >= 0.6 is 0 Å². The molecule has 2 rings (SSSR count). The molecular formula is C13H18N2. The van der Waals surface area contributed by atoms with E-state index in [1.807, 2.05) is 12.4 Å². The van der Waals surface area contributed by atoms with Gasteiger partial charge in [0, 0.05) is 18.4 Å². The molecule has 0 bridgehead atoms. The number of nitrogens with zero attached hydrogens (tertiary/aromatic N) is 1. The van der Waals surface area contributed by atoms with Crippen molar-refractivity contribution >= 4 is 0 Å². The molecule has 1 saturated carbocycles. The lowest BCUT2D eigenvalue weighted by Crippen LogP contribution is -2.16. The molecule has 0 amide bonds. The minimum Gasteiger partial charge on any atom is -0.314 e. The van der Waals surface area contributed by atoms with Crippen LogP contribution in [-0.4, -0.2) is 17.6 Å². The summed E-state index contributed by atoms with van der Waals surface area (Å²) in [6.07, 6.45) is 13.1. The van der Waals surface area contributed by atoms with Crippen LogP contribution in [0.2, 0.25) is 0 Å². The van der Waals surface area contributed by atoms with E-state index in [-0.39, 0.29) is 0 Å². The predicted octanol–water partition coefficient (Wildman–Crippen LogP) is 2.32. The van der Waals surface area contributed by atoms with Gasteiger partial charge < -0.3 is 5.32 Å². The van der Waals surface area contributed by atoms with Crippen LogP contribution in [0, 0.1) is 0 Å². The summed E-state index contributed by atoms with van der Waals surface area (Å²) in [7, 11) is 0. The SMILES string of the molecule is C(=CCc1ccncc1)CCNC1CC1. The Kier molecular flexibility index (Phi) is 3.92. The zero-order valence-electron chi connectivity index (χ0n) is 9.02. The van der Waals surface area contributed by atoms with Crippen molar-refractivity contribution in [3.63, 3.8) is 0 Å². The van der Waals surface area contributed by atoms with Crippen molar-refractivity contribution in [3.05, 3.63) is 42.2 Å². The summed E-state index contributed by atoms with van der Waals surface area (Å²) in [6, 6.07) is 4.96. The molecule has 0 saturated heterocycles. The Labute approximate surface area is 91.4 Å². The van der Waals surface area contributed by atoms with Crippen molar-refractivity contribution in [2.75, 3.05) is 6.54 Å². The molecule has 2 heteroatoms. The smallest absolute Gasteiger partial charge is 0.0270 e. The van der Waals surface area contributed by atoms with Crippen LogP contribution in [0.15, 0.2) is 36.7 Å². The number of nitrogens with one attached hydrogen (secondary N) is 1. The Bertz CT molecular complexity index is 302. The normalized spacial score (nSPS) is 16.0. The first-order valence-corrected chi connectivity index (χ1v) is 5.72. The topological polar surface area (TPSA) is 24.9 Å². The van der Waals surface area contributed by atoms with Gasteiger partial charge in [-0.2, -0.15) is 0 Å². The monoisotopic (exact) mass is 202 g/mol. The second-order valence-corrected chi connectivity index (χ2v) is 4.05. The second-order valence-electron chi connectivity index (χ2n) is 4.05. The first-order chi connectivity index (χ1) is 7.45. The lowest BCUT2D eigenvalue weighted by molar-refractivity contribution is 0.690. The highest BCUT2D eigenvalue weighted by Crippen LogP contribution is 2.18. The van der Waals surface area contributed by atoms with Crippen LogP contribution in [-0.2, 0) is 6.42 Å². The summed E-state index contributed by atoms with van der Waals surface area (Å²) in [5.41, 5.74) is 1.33. The van der Waals surface area contributed by atoms with Gasteiger partial charge in [-0.1, -0.05) is 12.2 Å². The number of hydrogen-bond acceptors (Lipinski definition) is 2. The number of pyridine rings is 1. The lowest BCUT2D eigenvalue weighted by atomic mass is 10.2. The van der Waals surface area contributed by atoms with Gasteiger partial charge >= 0.3 is 0 Å². The Hall–Kier alpha value is -1.15. The fraction of sp³-hybridized carbons (Fsp3) is 0.462. The van der Waals surface area contributed by atoms with Crippen LogP contribution in [0.4, 0.5) is 0 Å². The van der Waals surface area contributed by atoms with Crippen LogP contribution < -0.4 is 5.32 Å². The molecule has 1 N–H and O–H groups in total. The molecular weight excluding hydrogens is 184 g/mol. The van der Waals surface area contributed by atoms with Crippen LogP contribution in [0.1, 0.15) is 24.8 Å². The van der Waals surface area contributed by atoms with Gasteiger partial charge in [0.15, 0.2) is 0 Å². The molecule has 0 aliphatic heterocycles. The number of rotatable bonds is 6. The van der Waals surface area contributed by atoms with Crippen LogP contribution in [0.3, 0.4) is 0 Å². The fourth-order valence-corrected chi connectivity index (χ4v) is 1.51. The Morgan fingerprint density at radius 3 is 2.80 bits per heavy atom. The standard InChI is InChI=1S/C13H18N2/c1(3-9-15-13-5-6-13)2-4-12-7-10-14-11-8-12/h1-2,7-8,10-11,13,15H,3-6,9H2. The van der Waals surface area contributed by atoms with Crippen molar-refractivity contribution in [1.82, 2.24) is 10.3 Å². The maximum atomic E-state index is 4.00. The van der Waals surface area contributed by atoms with Gasteiger partial charge in [-0.3, -0.25) is 4.98 Å². The van der Waals surface area contributed by atoms with Crippen molar-refractivity contribution < 1.29 is 0 Å². The molecule has 1 aromatic heterocycles. The third-order valence-electron chi connectivity index (χ3n) is 2.59. The van der Waals surface area contributed by atoms with E-state index in [0.29, 0.717) is 0 Å². The molecule has 0 radical (unpaired) electrons. The minimum atomic E-state index is 0.832. The van der Waals surface area contributed by atoms with E-state index in [0.717, 1.165) is 25.4 Å².